The van der Waals surface area contributed by atoms with Crippen LogP contribution in [0.25, 0.3) is 0 Å². The first-order valence-corrected chi connectivity index (χ1v) is 11.9. The third kappa shape index (κ3) is 14.4. The van der Waals surface area contributed by atoms with Crippen LogP contribution in [0.15, 0.2) is 36.9 Å². The van der Waals surface area contributed by atoms with Gasteiger partial charge in [-0.25, -0.2) is 9.59 Å². The summed E-state index contributed by atoms with van der Waals surface area (Å²) in [6.07, 6.45) is 18.2. The van der Waals surface area contributed by atoms with E-state index in [9.17, 15) is 9.59 Å². The first-order valence-electron chi connectivity index (χ1n) is 11.9. The van der Waals surface area contributed by atoms with Crippen LogP contribution in [0, 0.1) is 0 Å². The van der Waals surface area contributed by atoms with Crippen molar-refractivity contribution in [2.45, 2.75) is 89.9 Å². The summed E-state index contributed by atoms with van der Waals surface area (Å²) in [6.45, 7) is 4.46. The molecule has 0 radical (unpaired) electrons. The van der Waals surface area contributed by atoms with Crippen molar-refractivity contribution in [3.05, 3.63) is 42.5 Å². The van der Waals surface area contributed by atoms with E-state index in [1.165, 1.54) is 70.3 Å². The Labute approximate surface area is 187 Å². The van der Waals surface area contributed by atoms with Crippen LogP contribution >= 0.6 is 0 Å². The number of unbranched alkanes of at least 4 members (excludes halogenated alkanes) is 13. The molecule has 0 atom stereocenters. The molecule has 5 nitrogen and oxygen atoms in total. The number of rotatable bonds is 20. The molecule has 174 valence electrons. The topological polar surface area (TPSA) is 72.8 Å². The smallest absolute Gasteiger partial charge is 0.339 e. The minimum atomic E-state index is -0.945. The zero-order valence-electron chi connectivity index (χ0n) is 19.0. The number of hydrogen-bond acceptors (Lipinski definition) is 4. The van der Waals surface area contributed by atoms with Crippen LogP contribution in [0.2, 0.25) is 0 Å². The molecule has 0 fully saturated rings. The molecule has 0 aliphatic carbocycles. The van der Waals surface area contributed by atoms with Crippen LogP contribution in [0.3, 0.4) is 0 Å². The molecule has 0 saturated carbocycles. The number of carbonyl (C=O) groups excluding carboxylic acids is 1. The predicted octanol–water partition coefficient (Wildman–Crippen LogP) is 6.95. The Morgan fingerprint density at radius 1 is 0.742 bits per heavy atom. The van der Waals surface area contributed by atoms with Gasteiger partial charge in [-0.1, -0.05) is 95.8 Å². The molecule has 31 heavy (non-hydrogen) atoms. The van der Waals surface area contributed by atoms with Crippen molar-refractivity contribution >= 4 is 11.9 Å². The van der Waals surface area contributed by atoms with Crippen LogP contribution in [-0.4, -0.2) is 30.3 Å². The van der Waals surface area contributed by atoms with E-state index >= 15 is 0 Å². The summed E-state index contributed by atoms with van der Waals surface area (Å²) in [7, 11) is 0. The fourth-order valence-corrected chi connectivity index (χ4v) is 3.51. The molecule has 0 heterocycles. The van der Waals surface area contributed by atoms with Crippen LogP contribution in [-0.2, 0) is 9.53 Å². The Kier molecular flexibility index (Phi) is 15.9. The van der Waals surface area contributed by atoms with Gasteiger partial charge in [0.25, 0.3) is 0 Å². The number of hydrogen-bond donors (Lipinski definition) is 1. The highest BCUT2D eigenvalue weighted by Gasteiger charge is 2.09. The van der Waals surface area contributed by atoms with E-state index in [2.05, 4.69) is 6.58 Å². The van der Waals surface area contributed by atoms with E-state index in [0.717, 1.165) is 25.7 Å². The van der Waals surface area contributed by atoms with Crippen LogP contribution in [0.5, 0.6) is 5.75 Å². The number of para-hydroxylation sites is 1. The maximum Gasteiger partial charge on any atom is 0.339 e. The molecule has 0 amide bonds. The average Bonchev–Trinajstić information content (AvgIpc) is 2.78. The molecule has 1 aromatic carbocycles. The molecule has 0 saturated heterocycles. The predicted molar refractivity (Wildman–Crippen MR) is 125 cm³/mol. The molecule has 1 rings (SSSR count). The number of esters is 1. The molecular weight excluding hydrogens is 392 g/mol. The van der Waals surface area contributed by atoms with E-state index in [1.54, 1.807) is 24.3 Å². The highest BCUT2D eigenvalue weighted by atomic mass is 16.5. The first kappa shape index (κ1) is 26.7. The van der Waals surface area contributed by atoms with Crippen molar-refractivity contribution in [3.8, 4) is 5.75 Å². The third-order valence-electron chi connectivity index (χ3n) is 5.32. The second kappa shape index (κ2) is 18.5. The summed E-state index contributed by atoms with van der Waals surface area (Å²) < 4.78 is 10.6. The zero-order chi connectivity index (χ0) is 22.6. The van der Waals surface area contributed by atoms with Gasteiger partial charge in [-0.05, 0) is 25.0 Å². The van der Waals surface area contributed by atoms with Gasteiger partial charge in [0.15, 0.2) is 0 Å². The fraction of sp³-hybridized carbons (Fsp3) is 0.615. The molecule has 0 aliphatic heterocycles. The third-order valence-corrected chi connectivity index (χ3v) is 5.32. The average molecular weight is 433 g/mol. The van der Waals surface area contributed by atoms with E-state index in [1.807, 2.05) is 0 Å². The molecular formula is C26H40O5. The summed E-state index contributed by atoms with van der Waals surface area (Å²) in [5.74, 6) is -0.809. The van der Waals surface area contributed by atoms with Crippen molar-refractivity contribution in [1.29, 1.82) is 0 Å². The summed E-state index contributed by atoms with van der Waals surface area (Å²) in [4.78, 5) is 22.0. The minimum absolute atomic E-state index is 0.231. The lowest BCUT2D eigenvalue weighted by Gasteiger charge is -2.08. The largest absolute Gasteiger partial charge is 0.493 e. The molecule has 0 aliphatic rings. The second-order valence-corrected chi connectivity index (χ2v) is 7.97. The number of aromatic carboxylic acids is 1. The van der Waals surface area contributed by atoms with Gasteiger partial charge < -0.3 is 14.6 Å². The van der Waals surface area contributed by atoms with Crippen LogP contribution < -0.4 is 4.74 Å². The molecule has 1 aromatic rings. The normalized spacial score (nSPS) is 10.6. The maximum atomic E-state index is 11.1. The summed E-state index contributed by atoms with van der Waals surface area (Å²) in [5.41, 5.74) is 0.231. The lowest BCUT2D eigenvalue weighted by molar-refractivity contribution is -0.137. The number of carbonyl (C=O) groups is 2. The number of benzene rings is 1. The van der Waals surface area contributed by atoms with Gasteiger partial charge >= 0.3 is 11.9 Å². The van der Waals surface area contributed by atoms with Gasteiger partial charge in [0, 0.05) is 6.08 Å². The Hall–Kier alpha value is -2.30. The van der Waals surface area contributed by atoms with Crippen LogP contribution in [0.4, 0.5) is 0 Å². The summed E-state index contributed by atoms with van der Waals surface area (Å²) >= 11 is 0. The lowest BCUT2D eigenvalue weighted by Crippen LogP contribution is -2.04. The van der Waals surface area contributed by atoms with Gasteiger partial charge in [-0.3, -0.25) is 0 Å². The monoisotopic (exact) mass is 432 g/mol. The highest BCUT2D eigenvalue weighted by Crippen LogP contribution is 2.18. The quantitative estimate of drug-likeness (QED) is 0.137. The van der Waals surface area contributed by atoms with Crippen molar-refractivity contribution in [3.63, 3.8) is 0 Å². The van der Waals surface area contributed by atoms with Crippen molar-refractivity contribution in [2.24, 2.45) is 0 Å². The maximum absolute atomic E-state index is 11.1. The molecule has 5 heteroatoms. The van der Waals surface area contributed by atoms with Gasteiger partial charge in [-0.15, -0.1) is 0 Å². The second-order valence-electron chi connectivity index (χ2n) is 7.97. The fourth-order valence-electron chi connectivity index (χ4n) is 3.51. The number of carboxylic acids is 1. The van der Waals surface area contributed by atoms with Crippen LogP contribution in [0.1, 0.15) is 100 Å². The van der Waals surface area contributed by atoms with E-state index < -0.39 is 5.97 Å². The van der Waals surface area contributed by atoms with E-state index in [-0.39, 0.29) is 11.5 Å². The Morgan fingerprint density at radius 3 is 1.68 bits per heavy atom. The molecule has 0 spiro atoms. The van der Waals surface area contributed by atoms with Crippen molar-refractivity contribution in [1.82, 2.24) is 0 Å². The molecule has 0 unspecified atom stereocenters. The van der Waals surface area contributed by atoms with Gasteiger partial charge in [0.2, 0.25) is 0 Å². The van der Waals surface area contributed by atoms with Crippen molar-refractivity contribution in [2.75, 3.05) is 13.2 Å². The molecule has 0 bridgehead atoms. The zero-order valence-corrected chi connectivity index (χ0v) is 19.0. The minimum Gasteiger partial charge on any atom is -0.493 e. The summed E-state index contributed by atoms with van der Waals surface area (Å²) in [5, 5.41) is 9.14. The molecule has 1 N–H and O–H groups in total. The van der Waals surface area contributed by atoms with E-state index in [0.29, 0.717) is 19.0 Å². The standard InChI is InChI=1S/C26H40O5/c1-2-25(27)31-22-18-14-12-10-8-6-4-3-5-7-9-11-13-17-21-30-24-20-16-15-19-23(24)26(28)29/h2,15-16,19-20H,1,3-14,17-18,21-22H2,(H,28,29). The first-order chi connectivity index (χ1) is 15.1. The molecule has 0 aromatic heterocycles. The van der Waals surface area contributed by atoms with E-state index in [4.69, 9.17) is 14.6 Å². The Morgan fingerprint density at radius 2 is 1.19 bits per heavy atom. The Balaban J connectivity index is 1.81. The SMILES string of the molecule is C=CC(=O)OCCCCCCCCCCCCCCCCOc1ccccc1C(=O)O. The van der Waals surface area contributed by atoms with Gasteiger partial charge in [0.1, 0.15) is 11.3 Å². The lowest BCUT2D eigenvalue weighted by atomic mass is 10.0. The Bertz CT molecular complexity index is 626. The highest BCUT2D eigenvalue weighted by molar-refractivity contribution is 5.90. The number of carboxylic acid groups (broad SMARTS) is 1. The van der Waals surface area contributed by atoms with Gasteiger partial charge in [-0.2, -0.15) is 0 Å². The van der Waals surface area contributed by atoms with Gasteiger partial charge in [0.05, 0.1) is 13.2 Å². The number of ether oxygens (including phenoxy) is 2. The summed E-state index contributed by atoms with van der Waals surface area (Å²) in [6, 6.07) is 6.80. The van der Waals surface area contributed by atoms with Crippen molar-refractivity contribution < 1.29 is 24.2 Å².